The van der Waals surface area contributed by atoms with E-state index in [1.165, 1.54) is 5.56 Å². The van der Waals surface area contributed by atoms with Crippen molar-refractivity contribution in [3.8, 4) is 0 Å². The van der Waals surface area contributed by atoms with Crippen LogP contribution in [0.2, 0.25) is 0 Å². The highest BCUT2D eigenvalue weighted by molar-refractivity contribution is 9.09. The number of halogens is 1. The van der Waals surface area contributed by atoms with Gasteiger partial charge >= 0.3 is 6.09 Å². The zero-order chi connectivity index (χ0) is 12.9. The van der Waals surface area contributed by atoms with Gasteiger partial charge in [0.25, 0.3) is 0 Å². The van der Waals surface area contributed by atoms with Crippen LogP contribution in [0.25, 0.3) is 0 Å². The summed E-state index contributed by atoms with van der Waals surface area (Å²) in [5.74, 6) is 0. The summed E-state index contributed by atoms with van der Waals surface area (Å²) in [6, 6.07) is 7.80. The Hall–Kier alpha value is -1.03. The Balaban J connectivity index is 2.60. The number of amides is 1. The lowest BCUT2D eigenvalue weighted by Gasteiger charge is -2.19. The van der Waals surface area contributed by atoms with Gasteiger partial charge in [-0.1, -0.05) is 48.8 Å². The molecular formula is C13H18BrNO2. The molecule has 0 saturated carbocycles. The molecule has 0 aliphatic carbocycles. The van der Waals surface area contributed by atoms with Crippen molar-refractivity contribution in [2.24, 2.45) is 0 Å². The van der Waals surface area contributed by atoms with Crippen LogP contribution in [0.4, 0.5) is 10.5 Å². The van der Waals surface area contributed by atoms with Gasteiger partial charge < -0.3 is 4.74 Å². The number of carbonyl (C=O) groups is 1. The highest BCUT2D eigenvalue weighted by Crippen LogP contribution is 2.23. The predicted molar refractivity (Wildman–Crippen MR) is 73.9 cm³/mol. The molecule has 1 aromatic carbocycles. The molecule has 94 valence electrons. The molecule has 1 amide bonds. The summed E-state index contributed by atoms with van der Waals surface area (Å²) < 4.78 is 4.90. The van der Waals surface area contributed by atoms with E-state index in [1.807, 2.05) is 24.3 Å². The first-order chi connectivity index (χ1) is 7.93. The normalized spacial score (nSPS) is 11.1. The van der Waals surface area contributed by atoms with E-state index in [4.69, 9.17) is 4.74 Å². The van der Waals surface area contributed by atoms with E-state index in [1.54, 1.807) is 0 Å². The van der Waals surface area contributed by atoms with Gasteiger partial charge in [0.15, 0.2) is 0 Å². The lowest BCUT2D eigenvalue weighted by atomic mass is 9.87. The van der Waals surface area contributed by atoms with E-state index >= 15 is 0 Å². The van der Waals surface area contributed by atoms with E-state index in [-0.39, 0.29) is 5.41 Å². The van der Waals surface area contributed by atoms with E-state index in [2.05, 4.69) is 42.0 Å². The summed E-state index contributed by atoms with van der Waals surface area (Å²) in [6.07, 6.45) is -0.423. The summed E-state index contributed by atoms with van der Waals surface area (Å²) in [7, 11) is 0. The topological polar surface area (TPSA) is 38.3 Å². The predicted octanol–water partition coefficient (Wildman–Crippen LogP) is 3.93. The van der Waals surface area contributed by atoms with Crippen LogP contribution >= 0.6 is 15.9 Å². The molecule has 0 bridgehead atoms. The van der Waals surface area contributed by atoms with E-state index in [9.17, 15) is 4.79 Å². The summed E-state index contributed by atoms with van der Waals surface area (Å²) in [4.78, 5) is 11.3. The molecular weight excluding hydrogens is 282 g/mol. The van der Waals surface area contributed by atoms with Crippen LogP contribution < -0.4 is 5.32 Å². The van der Waals surface area contributed by atoms with Gasteiger partial charge in [-0.15, -0.1) is 0 Å². The molecule has 0 fully saturated rings. The molecule has 0 aliphatic rings. The fourth-order valence-electron chi connectivity index (χ4n) is 1.34. The van der Waals surface area contributed by atoms with Crippen LogP contribution in [0.5, 0.6) is 0 Å². The standard InChI is InChI=1S/C13H18BrNO2/c1-13(2,3)10-4-6-11(7-5-10)15-12(16)17-9-8-14/h4-7H,8-9H2,1-3H3,(H,15,16). The second-order valence-electron chi connectivity index (χ2n) is 4.78. The fraction of sp³-hybridized carbons (Fsp3) is 0.462. The van der Waals surface area contributed by atoms with E-state index in [0.29, 0.717) is 11.9 Å². The third-order valence-electron chi connectivity index (χ3n) is 2.31. The zero-order valence-electron chi connectivity index (χ0n) is 10.4. The quantitative estimate of drug-likeness (QED) is 0.859. The van der Waals surface area contributed by atoms with Gasteiger partial charge in [0, 0.05) is 11.0 Å². The molecule has 17 heavy (non-hydrogen) atoms. The number of carbonyl (C=O) groups excluding carboxylic acids is 1. The second-order valence-corrected chi connectivity index (χ2v) is 5.57. The van der Waals surface area contributed by atoms with E-state index < -0.39 is 6.09 Å². The monoisotopic (exact) mass is 299 g/mol. The SMILES string of the molecule is CC(C)(C)c1ccc(NC(=O)OCCBr)cc1. The molecule has 0 aromatic heterocycles. The average molecular weight is 300 g/mol. The van der Waals surface area contributed by atoms with Gasteiger partial charge in [-0.3, -0.25) is 5.32 Å². The molecule has 0 unspecified atom stereocenters. The summed E-state index contributed by atoms with van der Waals surface area (Å²) in [6.45, 7) is 6.82. The van der Waals surface area contributed by atoms with Crippen molar-refractivity contribution in [1.29, 1.82) is 0 Å². The smallest absolute Gasteiger partial charge is 0.411 e. The number of benzene rings is 1. The Morgan fingerprint density at radius 3 is 2.35 bits per heavy atom. The van der Waals surface area contributed by atoms with Crippen LogP contribution in [0.1, 0.15) is 26.3 Å². The summed E-state index contributed by atoms with van der Waals surface area (Å²) in [5.41, 5.74) is 2.10. The summed E-state index contributed by atoms with van der Waals surface area (Å²) >= 11 is 3.19. The number of hydrogen-bond donors (Lipinski definition) is 1. The first kappa shape index (κ1) is 14.0. The van der Waals surface area contributed by atoms with E-state index in [0.717, 1.165) is 5.69 Å². The van der Waals surface area contributed by atoms with Crippen molar-refractivity contribution < 1.29 is 9.53 Å². The maximum absolute atomic E-state index is 11.3. The minimum atomic E-state index is -0.423. The van der Waals surface area contributed by atoms with Gasteiger partial charge in [0.05, 0.1) is 0 Å². The Bertz CT molecular complexity index is 368. The van der Waals surface area contributed by atoms with Gasteiger partial charge in [-0.05, 0) is 23.1 Å². The number of ether oxygens (including phenoxy) is 1. The number of rotatable bonds is 3. The van der Waals surface area contributed by atoms with Crippen molar-refractivity contribution >= 4 is 27.7 Å². The van der Waals surface area contributed by atoms with Crippen molar-refractivity contribution in [3.05, 3.63) is 29.8 Å². The van der Waals surface area contributed by atoms with Crippen LogP contribution in [0.15, 0.2) is 24.3 Å². The molecule has 0 heterocycles. The third-order valence-corrected chi connectivity index (χ3v) is 2.63. The number of alkyl halides is 1. The Labute approximate surface area is 111 Å². The Morgan fingerprint density at radius 2 is 1.88 bits per heavy atom. The minimum absolute atomic E-state index is 0.120. The largest absolute Gasteiger partial charge is 0.448 e. The van der Waals surface area contributed by atoms with Gasteiger partial charge in [-0.2, -0.15) is 0 Å². The first-order valence-corrected chi connectivity index (χ1v) is 6.66. The van der Waals surface area contributed by atoms with Gasteiger partial charge in [0.2, 0.25) is 0 Å². The van der Waals surface area contributed by atoms with Crippen molar-refractivity contribution in [2.45, 2.75) is 26.2 Å². The number of anilines is 1. The average Bonchev–Trinajstić information content (AvgIpc) is 2.26. The third kappa shape index (κ3) is 4.77. The van der Waals surface area contributed by atoms with Crippen molar-refractivity contribution in [2.75, 3.05) is 17.3 Å². The molecule has 4 heteroatoms. The fourth-order valence-corrected chi connectivity index (χ4v) is 1.50. The lowest BCUT2D eigenvalue weighted by Crippen LogP contribution is -2.15. The lowest BCUT2D eigenvalue weighted by molar-refractivity contribution is 0.169. The second kappa shape index (κ2) is 6.05. The zero-order valence-corrected chi connectivity index (χ0v) is 12.0. The molecule has 3 nitrogen and oxygen atoms in total. The minimum Gasteiger partial charge on any atom is -0.448 e. The van der Waals surface area contributed by atoms with Crippen molar-refractivity contribution in [3.63, 3.8) is 0 Å². The number of hydrogen-bond acceptors (Lipinski definition) is 2. The Morgan fingerprint density at radius 1 is 1.29 bits per heavy atom. The maximum atomic E-state index is 11.3. The molecule has 0 saturated heterocycles. The van der Waals surface area contributed by atoms with Crippen LogP contribution in [0, 0.1) is 0 Å². The first-order valence-electron chi connectivity index (χ1n) is 5.54. The molecule has 1 N–H and O–H groups in total. The molecule has 1 aromatic rings. The van der Waals surface area contributed by atoms with Gasteiger partial charge in [0.1, 0.15) is 6.61 Å². The molecule has 1 rings (SSSR count). The highest BCUT2D eigenvalue weighted by Gasteiger charge is 2.13. The molecule has 0 spiro atoms. The maximum Gasteiger partial charge on any atom is 0.411 e. The van der Waals surface area contributed by atoms with Crippen LogP contribution in [0.3, 0.4) is 0 Å². The molecule has 0 aliphatic heterocycles. The van der Waals surface area contributed by atoms with Crippen LogP contribution in [-0.2, 0) is 10.2 Å². The molecule has 0 radical (unpaired) electrons. The van der Waals surface area contributed by atoms with Crippen molar-refractivity contribution in [1.82, 2.24) is 0 Å². The highest BCUT2D eigenvalue weighted by atomic mass is 79.9. The number of nitrogens with one attached hydrogen (secondary N) is 1. The molecule has 0 atom stereocenters. The Kier molecular flexibility index (Phi) is 5.00. The summed E-state index contributed by atoms with van der Waals surface area (Å²) in [5, 5.41) is 3.32. The van der Waals surface area contributed by atoms with Gasteiger partial charge in [-0.25, -0.2) is 4.79 Å². The van der Waals surface area contributed by atoms with Crippen LogP contribution in [-0.4, -0.2) is 18.0 Å².